The van der Waals surface area contributed by atoms with Crippen LogP contribution in [-0.2, 0) is 4.79 Å². The Bertz CT molecular complexity index is 485. The van der Waals surface area contributed by atoms with E-state index in [1.807, 2.05) is 18.2 Å². The maximum Gasteiger partial charge on any atom is 0.238 e. The van der Waals surface area contributed by atoms with Crippen molar-refractivity contribution in [2.45, 2.75) is 19.4 Å². The Morgan fingerprint density at radius 1 is 1.45 bits per heavy atom. The number of halogens is 2. The van der Waals surface area contributed by atoms with Crippen LogP contribution in [0.2, 0.25) is 0 Å². The summed E-state index contributed by atoms with van der Waals surface area (Å²) >= 11 is 6.83. The van der Waals surface area contributed by atoms with Crippen molar-refractivity contribution >= 4 is 43.5 Å². The summed E-state index contributed by atoms with van der Waals surface area (Å²) < 4.78 is 1.84. The number of hydrogen-bond acceptors (Lipinski definition) is 3. The predicted octanol–water partition coefficient (Wildman–Crippen LogP) is 2.82. The highest BCUT2D eigenvalue weighted by molar-refractivity contribution is 9.11. The number of nitrogens with two attached hydrogens (primary N) is 1. The average Bonchev–Trinajstić information content (AvgIpc) is 2.31. The molecular formula is C14H19Br2N3O. The molecule has 4 nitrogen and oxygen atoms in total. The molecule has 1 amide bonds. The van der Waals surface area contributed by atoms with E-state index < -0.39 is 0 Å². The second-order valence-corrected chi connectivity index (χ2v) is 7.24. The van der Waals surface area contributed by atoms with Crippen LogP contribution < -0.4 is 11.1 Å². The van der Waals surface area contributed by atoms with Crippen LogP contribution >= 0.6 is 31.9 Å². The Morgan fingerprint density at radius 3 is 2.85 bits per heavy atom. The number of nitrogens with zero attached hydrogens (tertiary/aromatic N) is 1. The number of nitrogens with one attached hydrogen (secondary N) is 1. The molecule has 6 heteroatoms. The number of piperidine rings is 1. The lowest BCUT2D eigenvalue weighted by Gasteiger charge is -2.34. The minimum atomic E-state index is -0.00526. The van der Waals surface area contributed by atoms with Crippen molar-refractivity contribution in [2.75, 3.05) is 25.0 Å². The molecule has 1 aromatic rings. The van der Waals surface area contributed by atoms with Gasteiger partial charge in [0, 0.05) is 28.1 Å². The Hall–Kier alpha value is -0.430. The molecule has 1 fully saturated rings. The van der Waals surface area contributed by atoms with Crippen molar-refractivity contribution in [2.24, 2.45) is 11.7 Å². The summed E-state index contributed by atoms with van der Waals surface area (Å²) in [5, 5.41) is 2.93. The van der Waals surface area contributed by atoms with Crippen molar-refractivity contribution in [1.29, 1.82) is 0 Å². The second kappa shape index (κ2) is 7.02. The highest BCUT2D eigenvalue weighted by Crippen LogP contribution is 2.26. The molecule has 20 heavy (non-hydrogen) atoms. The summed E-state index contributed by atoms with van der Waals surface area (Å²) in [4.78, 5) is 14.2. The molecule has 3 N–H and O–H groups in total. The number of likely N-dealkylation sites (tertiary alicyclic amines) is 1. The summed E-state index contributed by atoms with van der Waals surface area (Å²) in [6, 6.07) is 5.86. The molecule has 0 bridgehead atoms. The van der Waals surface area contributed by atoms with Crippen molar-refractivity contribution < 1.29 is 4.79 Å². The van der Waals surface area contributed by atoms with Gasteiger partial charge in [0.05, 0.1) is 12.2 Å². The van der Waals surface area contributed by atoms with Crippen molar-refractivity contribution in [1.82, 2.24) is 4.90 Å². The van der Waals surface area contributed by atoms with E-state index in [9.17, 15) is 4.79 Å². The van der Waals surface area contributed by atoms with Crippen molar-refractivity contribution in [3.8, 4) is 0 Å². The maximum atomic E-state index is 12.1. The molecule has 1 heterocycles. The number of carbonyl (C=O) groups excluding carboxylic acids is 1. The van der Waals surface area contributed by atoms with Gasteiger partial charge < -0.3 is 11.1 Å². The van der Waals surface area contributed by atoms with Gasteiger partial charge >= 0.3 is 0 Å². The van der Waals surface area contributed by atoms with E-state index in [0.29, 0.717) is 12.5 Å². The van der Waals surface area contributed by atoms with Gasteiger partial charge in [0.25, 0.3) is 0 Å². The number of amides is 1. The lowest BCUT2D eigenvalue weighted by molar-refractivity contribution is -0.117. The molecule has 1 aliphatic rings. The van der Waals surface area contributed by atoms with Crippen LogP contribution in [0.1, 0.15) is 13.3 Å². The zero-order valence-corrected chi connectivity index (χ0v) is 14.6. The Labute approximate surface area is 136 Å². The Balaban J connectivity index is 1.92. The Morgan fingerprint density at radius 2 is 2.20 bits per heavy atom. The molecule has 2 unspecified atom stereocenters. The first-order valence-corrected chi connectivity index (χ1v) is 8.25. The molecule has 0 saturated carbocycles. The van der Waals surface area contributed by atoms with E-state index in [-0.39, 0.29) is 11.9 Å². The summed E-state index contributed by atoms with van der Waals surface area (Å²) in [6.07, 6.45) is 1.04. The standard InChI is InChI=1S/C14H19Br2N3O/c1-9-4-11(17)7-19(6-9)8-14(20)18-13-3-2-10(15)5-12(13)16/h2-3,5,9,11H,4,6-8,17H2,1H3,(H,18,20). The van der Waals surface area contributed by atoms with Crippen LogP contribution in [-0.4, -0.2) is 36.5 Å². The van der Waals surface area contributed by atoms with Gasteiger partial charge in [-0.25, -0.2) is 0 Å². The Kier molecular flexibility index (Phi) is 5.60. The summed E-state index contributed by atoms with van der Waals surface area (Å²) in [5.74, 6) is 0.542. The van der Waals surface area contributed by atoms with Gasteiger partial charge in [0.2, 0.25) is 5.91 Å². The topological polar surface area (TPSA) is 58.4 Å². The summed E-state index contributed by atoms with van der Waals surface area (Å²) in [7, 11) is 0. The summed E-state index contributed by atoms with van der Waals surface area (Å²) in [5.41, 5.74) is 6.78. The quantitative estimate of drug-likeness (QED) is 0.814. The molecule has 0 aromatic heterocycles. The van der Waals surface area contributed by atoms with Crippen molar-refractivity contribution in [3.63, 3.8) is 0 Å². The smallest absolute Gasteiger partial charge is 0.238 e. The number of rotatable bonds is 3. The first-order chi connectivity index (χ1) is 9.44. The van der Waals surface area contributed by atoms with Crippen LogP contribution in [0.3, 0.4) is 0 Å². The first kappa shape index (κ1) is 15.9. The highest BCUT2D eigenvalue weighted by Gasteiger charge is 2.23. The van der Waals surface area contributed by atoms with Gasteiger partial charge in [0.15, 0.2) is 0 Å². The molecule has 0 aliphatic carbocycles. The normalized spacial score (nSPS) is 23.6. The molecule has 0 radical (unpaired) electrons. The van der Waals surface area contributed by atoms with E-state index in [1.165, 1.54) is 0 Å². The lowest BCUT2D eigenvalue weighted by atomic mass is 9.97. The van der Waals surface area contributed by atoms with E-state index in [0.717, 1.165) is 34.1 Å². The zero-order chi connectivity index (χ0) is 14.7. The minimum absolute atomic E-state index is 0.00526. The van der Waals surface area contributed by atoms with E-state index >= 15 is 0 Å². The number of benzene rings is 1. The number of anilines is 1. The molecule has 2 rings (SSSR count). The van der Waals surface area contributed by atoms with Gasteiger partial charge in [0.1, 0.15) is 0 Å². The molecule has 1 aliphatic heterocycles. The van der Waals surface area contributed by atoms with Crippen LogP contribution in [0.4, 0.5) is 5.69 Å². The van der Waals surface area contributed by atoms with Crippen LogP contribution in [0, 0.1) is 5.92 Å². The molecule has 2 atom stereocenters. The van der Waals surface area contributed by atoms with Gasteiger partial charge in [-0.05, 0) is 46.5 Å². The summed E-state index contributed by atoms with van der Waals surface area (Å²) in [6.45, 7) is 4.29. The fourth-order valence-corrected chi connectivity index (χ4v) is 3.77. The average molecular weight is 405 g/mol. The third-order valence-electron chi connectivity index (χ3n) is 3.34. The van der Waals surface area contributed by atoms with E-state index in [2.05, 4.69) is 49.0 Å². The van der Waals surface area contributed by atoms with Crippen LogP contribution in [0.15, 0.2) is 27.1 Å². The van der Waals surface area contributed by atoms with E-state index in [1.54, 1.807) is 0 Å². The third kappa shape index (κ3) is 4.55. The van der Waals surface area contributed by atoms with Crippen LogP contribution in [0.5, 0.6) is 0 Å². The minimum Gasteiger partial charge on any atom is -0.327 e. The first-order valence-electron chi connectivity index (χ1n) is 6.67. The second-order valence-electron chi connectivity index (χ2n) is 5.47. The van der Waals surface area contributed by atoms with Gasteiger partial charge in [-0.2, -0.15) is 0 Å². The lowest BCUT2D eigenvalue weighted by Crippen LogP contribution is -2.48. The van der Waals surface area contributed by atoms with Gasteiger partial charge in [-0.3, -0.25) is 9.69 Å². The monoisotopic (exact) mass is 403 g/mol. The number of carbonyl (C=O) groups is 1. The third-order valence-corrected chi connectivity index (χ3v) is 4.49. The predicted molar refractivity (Wildman–Crippen MR) is 88.7 cm³/mol. The van der Waals surface area contributed by atoms with Gasteiger partial charge in [-0.1, -0.05) is 22.9 Å². The zero-order valence-electron chi connectivity index (χ0n) is 11.4. The molecule has 110 valence electrons. The maximum absolute atomic E-state index is 12.1. The number of hydrogen-bond donors (Lipinski definition) is 2. The molecule has 1 saturated heterocycles. The van der Waals surface area contributed by atoms with E-state index in [4.69, 9.17) is 5.73 Å². The van der Waals surface area contributed by atoms with Crippen molar-refractivity contribution in [3.05, 3.63) is 27.1 Å². The SMILES string of the molecule is CC1CC(N)CN(CC(=O)Nc2ccc(Br)cc2Br)C1. The van der Waals surface area contributed by atoms with Crippen LogP contribution in [0.25, 0.3) is 0 Å². The molecule has 1 aromatic carbocycles. The largest absolute Gasteiger partial charge is 0.327 e. The molecule has 0 spiro atoms. The molecular weight excluding hydrogens is 386 g/mol. The fraction of sp³-hybridized carbons (Fsp3) is 0.500. The fourth-order valence-electron chi connectivity index (χ4n) is 2.63. The highest BCUT2D eigenvalue weighted by atomic mass is 79.9. The van der Waals surface area contributed by atoms with Gasteiger partial charge in [-0.15, -0.1) is 0 Å².